The van der Waals surface area contributed by atoms with Crippen LogP contribution >= 0.6 is 0 Å². The normalized spacial score (nSPS) is 16.2. The Bertz CT molecular complexity index is 962. The third kappa shape index (κ3) is 2.65. The van der Waals surface area contributed by atoms with E-state index in [-0.39, 0.29) is 35.5 Å². The molecule has 4 rings (SSSR count). The van der Waals surface area contributed by atoms with E-state index in [2.05, 4.69) is 10.4 Å². The molecule has 1 atom stereocenters. The van der Waals surface area contributed by atoms with E-state index in [9.17, 15) is 15.0 Å². The summed E-state index contributed by atoms with van der Waals surface area (Å²) in [7, 11) is 1.40. The zero-order valence-corrected chi connectivity index (χ0v) is 14.0. The minimum Gasteiger partial charge on any atom is -0.504 e. The van der Waals surface area contributed by atoms with E-state index in [0.717, 1.165) is 11.3 Å². The molecular formula is C18H17N3O5. The molecule has 0 radical (unpaired) electrons. The van der Waals surface area contributed by atoms with Gasteiger partial charge in [-0.05, 0) is 29.8 Å². The van der Waals surface area contributed by atoms with Gasteiger partial charge >= 0.3 is 0 Å². The van der Waals surface area contributed by atoms with E-state index in [0.29, 0.717) is 17.9 Å². The molecule has 26 heavy (non-hydrogen) atoms. The molecule has 3 N–H and O–H groups in total. The number of nitrogens with zero attached hydrogens (tertiary/aromatic N) is 2. The Morgan fingerprint density at radius 3 is 3.00 bits per heavy atom. The molecule has 0 bridgehead atoms. The summed E-state index contributed by atoms with van der Waals surface area (Å²) in [4.78, 5) is 12.2. The highest BCUT2D eigenvalue weighted by molar-refractivity contribution is 5.94. The molecule has 0 spiro atoms. The van der Waals surface area contributed by atoms with Crippen LogP contribution in [-0.2, 0) is 11.3 Å². The first-order chi connectivity index (χ1) is 12.6. The Kier molecular flexibility index (Phi) is 3.80. The van der Waals surface area contributed by atoms with Crippen LogP contribution in [0.3, 0.4) is 0 Å². The summed E-state index contributed by atoms with van der Waals surface area (Å²) in [6.45, 7) is 0.388. The third-order valence-electron chi connectivity index (χ3n) is 4.48. The summed E-state index contributed by atoms with van der Waals surface area (Å²) in [5.74, 6) is 0.362. The largest absolute Gasteiger partial charge is 0.504 e. The summed E-state index contributed by atoms with van der Waals surface area (Å²) < 4.78 is 12.1. The van der Waals surface area contributed by atoms with E-state index < -0.39 is 0 Å². The van der Waals surface area contributed by atoms with Gasteiger partial charge in [-0.3, -0.25) is 4.79 Å². The lowest BCUT2D eigenvalue weighted by molar-refractivity contribution is -0.116. The van der Waals surface area contributed by atoms with Crippen LogP contribution in [0, 0.1) is 0 Å². The minimum absolute atomic E-state index is 0.149. The van der Waals surface area contributed by atoms with Gasteiger partial charge in [-0.25, -0.2) is 4.68 Å². The summed E-state index contributed by atoms with van der Waals surface area (Å²) in [5.41, 5.74) is 1.48. The molecule has 1 unspecified atom stereocenters. The maximum Gasteiger partial charge on any atom is 0.226 e. The Balaban J connectivity index is 1.75. The lowest BCUT2D eigenvalue weighted by Crippen LogP contribution is -2.25. The molecule has 0 saturated carbocycles. The first kappa shape index (κ1) is 16.1. The number of aromatic hydroxyl groups is 2. The molecule has 1 amide bonds. The molecule has 1 aromatic carbocycles. The van der Waals surface area contributed by atoms with Crippen LogP contribution in [-0.4, -0.2) is 33.0 Å². The SMILES string of the molecule is COc1cc(C2CC(=O)Nc3c2cnn3Cc2ccco2)cc(O)c1O. The Morgan fingerprint density at radius 1 is 1.42 bits per heavy atom. The maximum absolute atomic E-state index is 12.2. The number of rotatable bonds is 4. The number of fused-ring (bicyclic) bond motifs is 1. The van der Waals surface area contributed by atoms with Gasteiger partial charge in [0.15, 0.2) is 11.5 Å². The number of benzene rings is 1. The van der Waals surface area contributed by atoms with Crippen LogP contribution in [0.25, 0.3) is 0 Å². The van der Waals surface area contributed by atoms with Crippen molar-refractivity contribution in [3.8, 4) is 17.2 Å². The molecule has 0 fully saturated rings. The number of amides is 1. The van der Waals surface area contributed by atoms with Gasteiger partial charge in [0.1, 0.15) is 18.1 Å². The number of phenolic OH excluding ortho intramolecular Hbond substituents is 2. The molecule has 1 aliphatic heterocycles. The molecule has 134 valence electrons. The monoisotopic (exact) mass is 355 g/mol. The zero-order chi connectivity index (χ0) is 18.3. The first-order valence-corrected chi connectivity index (χ1v) is 8.04. The number of phenols is 2. The number of furan rings is 1. The van der Waals surface area contributed by atoms with Crippen molar-refractivity contribution in [3.63, 3.8) is 0 Å². The average Bonchev–Trinajstić information content (AvgIpc) is 3.27. The smallest absolute Gasteiger partial charge is 0.226 e. The number of carbonyl (C=O) groups is 1. The van der Waals surface area contributed by atoms with Crippen molar-refractivity contribution in [2.45, 2.75) is 18.9 Å². The van der Waals surface area contributed by atoms with Gasteiger partial charge < -0.3 is 24.7 Å². The van der Waals surface area contributed by atoms with E-state index in [1.165, 1.54) is 13.2 Å². The number of methoxy groups -OCH3 is 1. The van der Waals surface area contributed by atoms with Gasteiger partial charge in [0.05, 0.1) is 19.6 Å². The van der Waals surface area contributed by atoms with E-state index in [1.807, 2.05) is 6.07 Å². The number of hydrogen-bond donors (Lipinski definition) is 3. The summed E-state index contributed by atoms with van der Waals surface area (Å²) in [6.07, 6.45) is 3.48. The predicted octanol–water partition coefficient (Wildman–Crippen LogP) is 2.42. The Labute approximate surface area is 148 Å². The van der Waals surface area contributed by atoms with Gasteiger partial charge in [-0.15, -0.1) is 0 Å². The quantitative estimate of drug-likeness (QED) is 0.620. The number of aromatic nitrogens is 2. The second-order valence-corrected chi connectivity index (χ2v) is 6.08. The highest BCUT2D eigenvalue weighted by Gasteiger charge is 2.31. The number of anilines is 1. The molecule has 8 nitrogen and oxygen atoms in total. The highest BCUT2D eigenvalue weighted by Crippen LogP contribution is 2.43. The number of hydrogen-bond acceptors (Lipinski definition) is 6. The zero-order valence-electron chi connectivity index (χ0n) is 14.0. The fraction of sp³-hybridized carbons (Fsp3) is 0.222. The standard InChI is InChI=1S/C18H17N3O5/c1-25-15-6-10(5-14(22)17(15)24)12-7-16(23)20-18-13(12)8-19-21(18)9-11-3-2-4-26-11/h2-6,8,12,22,24H,7,9H2,1H3,(H,20,23). The Hall–Kier alpha value is -3.42. The van der Waals surface area contributed by atoms with Gasteiger partial charge in [-0.2, -0.15) is 5.10 Å². The second-order valence-electron chi connectivity index (χ2n) is 6.08. The summed E-state index contributed by atoms with van der Waals surface area (Å²) in [6, 6.07) is 6.68. The van der Waals surface area contributed by atoms with E-state index >= 15 is 0 Å². The van der Waals surface area contributed by atoms with Crippen LogP contribution in [0.4, 0.5) is 5.82 Å². The van der Waals surface area contributed by atoms with Crippen molar-refractivity contribution in [1.29, 1.82) is 0 Å². The second kappa shape index (κ2) is 6.14. The van der Waals surface area contributed by atoms with Crippen LogP contribution in [0.2, 0.25) is 0 Å². The Morgan fingerprint density at radius 2 is 2.27 bits per heavy atom. The fourth-order valence-electron chi connectivity index (χ4n) is 3.21. The predicted molar refractivity (Wildman–Crippen MR) is 91.5 cm³/mol. The van der Waals surface area contributed by atoms with Crippen molar-refractivity contribution in [2.75, 3.05) is 12.4 Å². The number of ether oxygens (including phenoxy) is 1. The van der Waals surface area contributed by atoms with Gasteiger partial charge in [-0.1, -0.05) is 0 Å². The number of carbonyl (C=O) groups excluding carboxylic acids is 1. The van der Waals surface area contributed by atoms with Crippen molar-refractivity contribution >= 4 is 11.7 Å². The van der Waals surface area contributed by atoms with Crippen molar-refractivity contribution < 1.29 is 24.2 Å². The van der Waals surface area contributed by atoms with Gasteiger partial charge in [0.2, 0.25) is 11.7 Å². The van der Waals surface area contributed by atoms with Crippen LogP contribution in [0.15, 0.2) is 41.1 Å². The lowest BCUT2D eigenvalue weighted by Gasteiger charge is -2.24. The van der Waals surface area contributed by atoms with Crippen LogP contribution < -0.4 is 10.1 Å². The molecular weight excluding hydrogens is 338 g/mol. The van der Waals surface area contributed by atoms with Crippen molar-refractivity contribution in [2.24, 2.45) is 0 Å². The molecule has 8 heteroatoms. The molecule has 0 aliphatic carbocycles. The minimum atomic E-state index is -0.328. The maximum atomic E-state index is 12.2. The number of nitrogens with one attached hydrogen (secondary N) is 1. The van der Waals surface area contributed by atoms with Crippen molar-refractivity contribution in [3.05, 3.63) is 53.6 Å². The summed E-state index contributed by atoms with van der Waals surface area (Å²) >= 11 is 0. The van der Waals surface area contributed by atoms with E-state index in [4.69, 9.17) is 9.15 Å². The average molecular weight is 355 g/mol. The fourth-order valence-corrected chi connectivity index (χ4v) is 3.21. The molecule has 0 saturated heterocycles. The molecule has 3 aromatic rings. The topological polar surface area (TPSA) is 110 Å². The molecule has 2 aromatic heterocycles. The summed E-state index contributed by atoms with van der Waals surface area (Å²) in [5, 5.41) is 27.0. The van der Waals surface area contributed by atoms with Gasteiger partial charge in [0, 0.05) is 17.9 Å². The molecule has 3 heterocycles. The van der Waals surface area contributed by atoms with Crippen LogP contribution in [0.1, 0.15) is 29.2 Å². The van der Waals surface area contributed by atoms with Gasteiger partial charge in [0.25, 0.3) is 0 Å². The van der Waals surface area contributed by atoms with E-state index in [1.54, 1.807) is 29.3 Å². The lowest BCUT2D eigenvalue weighted by atomic mass is 9.87. The third-order valence-corrected chi connectivity index (χ3v) is 4.48. The van der Waals surface area contributed by atoms with Crippen molar-refractivity contribution in [1.82, 2.24) is 9.78 Å². The first-order valence-electron chi connectivity index (χ1n) is 8.04. The van der Waals surface area contributed by atoms with Crippen LogP contribution in [0.5, 0.6) is 17.2 Å². The molecule has 1 aliphatic rings. The highest BCUT2D eigenvalue weighted by atomic mass is 16.5.